The lowest BCUT2D eigenvalue weighted by Crippen LogP contribution is -2.45. The van der Waals surface area contributed by atoms with Gasteiger partial charge in [0.1, 0.15) is 0 Å². The summed E-state index contributed by atoms with van der Waals surface area (Å²) in [6.07, 6.45) is 6.45. The van der Waals surface area contributed by atoms with Crippen LogP contribution in [0.4, 0.5) is 0 Å². The van der Waals surface area contributed by atoms with Gasteiger partial charge in [-0.05, 0) is 30.7 Å². The van der Waals surface area contributed by atoms with Crippen molar-refractivity contribution in [2.45, 2.75) is 37.6 Å². The molecule has 1 saturated carbocycles. The molecule has 0 aliphatic heterocycles. The van der Waals surface area contributed by atoms with Gasteiger partial charge in [0.05, 0.1) is 12.8 Å². The molecule has 0 saturated heterocycles. The first kappa shape index (κ1) is 12.1. The van der Waals surface area contributed by atoms with Crippen LogP contribution in [0.3, 0.4) is 0 Å². The highest BCUT2D eigenvalue weighted by Crippen LogP contribution is 2.40. The van der Waals surface area contributed by atoms with Crippen LogP contribution in [0.2, 0.25) is 0 Å². The highest BCUT2D eigenvalue weighted by Gasteiger charge is 2.40. The second-order valence-electron chi connectivity index (χ2n) is 4.62. The van der Waals surface area contributed by atoms with Gasteiger partial charge in [-0.3, -0.25) is 4.68 Å². The Morgan fingerprint density at radius 3 is 2.88 bits per heavy atom. The SMILES string of the molecule is CCC(COC)(C(=O)O)n1cc(C2CC2)cn1. The third-order valence-electron chi connectivity index (χ3n) is 3.46. The lowest BCUT2D eigenvalue weighted by molar-refractivity contribution is -0.151. The van der Waals surface area contributed by atoms with Crippen molar-refractivity contribution in [2.75, 3.05) is 13.7 Å². The largest absolute Gasteiger partial charge is 0.479 e. The maximum Gasteiger partial charge on any atom is 0.334 e. The Labute approximate surface area is 100 Å². The number of carboxylic acids is 1. The Balaban J connectivity index is 2.32. The smallest absolute Gasteiger partial charge is 0.334 e. The molecule has 1 unspecified atom stereocenters. The zero-order valence-electron chi connectivity index (χ0n) is 10.2. The van der Waals surface area contributed by atoms with Crippen LogP contribution in [0.1, 0.15) is 37.7 Å². The quantitative estimate of drug-likeness (QED) is 0.817. The van der Waals surface area contributed by atoms with E-state index in [9.17, 15) is 9.90 Å². The number of carboxylic acid groups (broad SMARTS) is 1. The summed E-state index contributed by atoms with van der Waals surface area (Å²) in [6.45, 7) is 1.97. The minimum Gasteiger partial charge on any atom is -0.479 e. The minimum atomic E-state index is -1.08. The van der Waals surface area contributed by atoms with Gasteiger partial charge in [-0.2, -0.15) is 5.10 Å². The van der Waals surface area contributed by atoms with Crippen LogP contribution in [0.25, 0.3) is 0 Å². The maximum atomic E-state index is 11.5. The second kappa shape index (κ2) is 4.49. The molecule has 1 aliphatic carbocycles. The molecular formula is C12H18N2O3. The minimum absolute atomic E-state index is 0.130. The molecule has 1 fully saturated rings. The molecule has 1 aromatic rings. The first-order chi connectivity index (χ1) is 8.14. The summed E-state index contributed by atoms with van der Waals surface area (Å²) in [7, 11) is 1.51. The van der Waals surface area contributed by atoms with Crippen LogP contribution < -0.4 is 0 Å². The van der Waals surface area contributed by atoms with Gasteiger partial charge in [0.2, 0.25) is 0 Å². The van der Waals surface area contributed by atoms with Crippen LogP contribution in [0, 0.1) is 0 Å². The summed E-state index contributed by atoms with van der Waals surface area (Å²) in [5.41, 5.74) is 0.0576. The molecule has 5 nitrogen and oxygen atoms in total. The predicted octanol–water partition coefficient (Wildman–Crippen LogP) is 1.60. The Kier molecular flexibility index (Phi) is 3.19. The van der Waals surface area contributed by atoms with Crippen LogP contribution >= 0.6 is 0 Å². The number of ether oxygens (including phenoxy) is 1. The molecule has 0 aromatic carbocycles. The van der Waals surface area contributed by atoms with E-state index < -0.39 is 11.5 Å². The van der Waals surface area contributed by atoms with Crippen LogP contribution in [-0.2, 0) is 15.1 Å². The average Bonchev–Trinajstić information content (AvgIpc) is 3.04. The van der Waals surface area contributed by atoms with Crippen LogP contribution in [0.15, 0.2) is 12.4 Å². The molecule has 1 N–H and O–H groups in total. The van der Waals surface area contributed by atoms with E-state index >= 15 is 0 Å². The monoisotopic (exact) mass is 238 g/mol. The summed E-state index contributed by atoms with van der Waals surface area (Å²) < 4.78 is 6.61. The van der Waals surface area contributed by atoms with Gasteiger partial charge in [-0.15, -0.1) is 0 Å². The van der Waals surface area contributed by atoms with Gasteiger partial charge in [-0.1, -0.05) is 6.92 Å². The van der Waals surface area contributed by atoms with Crippen molar-refractivity contribution in [3.63, 3.8) is 0 Å². The molecule has 1 aliphatic rings. The van der Waals surface area contributed by atoms with E-state index in [4.69, 9.17) is 4.74 Å². The molecule has 0 bridgehead atoms. The van der Waals surface area contributed by atoms with E-state index in [0.717, 1.165) is 5.56 Å². The number of aliphatic carboxylic acids is 1. The molecule has 1 heterocycles. The van der Waals surface area contributed by atoms with Crippen molar-refractivity contribution < 1.29 is 14.6 Å². The number of nitrogens with zero attached hydrogens (tertiary/aromatic N) is 2. The zero-order chi connectivity index (χ0) is 12.5. The van der Waals surface area contributed by atoms with Crippen LogP contribution in [-0.4, -0.2) is 34.6 Å². The topological polar surface area (TPSA) is 64.3 Å². The number of aromatic nitrogens is 2. The molecule has 94 valence electrons. The Hall–Kier alpha value is -1.36. The van der Waals surface area contributed by atoms with Crippen molar-refractivity contribution in [2.24, 2.45) is 0 Å². The lowest BCUT2D eigenvalue weighted by atomic mass is 9.98. The van der Waals surface area contributed by atoms with Crippen molar-refractivity contribution in [1.82, 2.24) is 9.78 Å². The zero-order valence-corrected chi connectivity index (χ0v) is 10.2. The summed E-state index contributed by atoms with van der Waals surface area (Å²) in [6, 6.07) is 0. The molecule has 1 atom stereocenters. The highest BCUT2D eigenvalue weighted by molar-refractivity contribution is 5.76. The molecule has 5 heteroatoms. The van der Waals surface area contributed by atoms with E-state index in [1.165, 1.54) is 20.0 Å². The van der Waals surface area contributed by atoms with E-state index in [0.29, 0.717) is 12.3 Å². The molecule has 2 rings (SSSR count). The van der Waals surface area contributed by atoms with Crippen molar-refractivity contribution >= 4 is 5.97 Å². The van der Waals surface area contributed by atoms with Crippen molar-refractivity contribution in [3.8, 4) is 0 Å². The standard InChI is InChI=1S/C12H18N2O3/c1-3-12(8-17-2,11(15)16)14-7-10(6-13-14)9-4-5-9/h6-7,9H,3-5,8H2,1-2H3,(H,15,16). The first-order valence-electron chi connectivity index (χ1n) is 5.91. The van der Waals surface area contributed by atoms with Gasteiger partial charge < -0.3 is 9.84 Å². The number of rotatable bonds is 6. The number of carbonyl (C=O) groups is 1. The molecule has 0 spiro atoms. The summed E-state index contributed by atoms with van der Waals surface area (Å²) in [5, 5.41) is 13.6. The molecular weight excluding hydrogens is 220 g/mol. The summed E-state index contributed by atoms with van der Waals surface area (Å²) in [5.74, 6) is -0.318. The van der Waals surface area contributed by atoms with Gasteiger partial charge in [0, 0.05) is 13.3 Å². The van der Waals surface area contributed by atoms with Crippen molar-refractivity contribution in [1.29, 1.82) is 0 Å². The number of hydrogen-bond acceptors (Lipinski definition) is 3. The maximum absolute atomic E-state index is 11.5. The number of methoxy groups -OCH3 is 1. The van der Waals surface area contributed by atoms with E-state index in [2.05, 4.69) is 5.10 Å². The Morgan fingerprint density at radius 2 is 2.41 bits per heavy atom. The molecule has 0 amide bonds. The van der Waals surface area contributed by atoms with Gasteiger partial charge in [0.25, 0.3) is 0 Å². The fourth-order valence-electron chi connectivity index (χ4n) is 2.08. The van der Waals surface area contributed by atoms with Crippen molar-refractivity contribution in [3.05, 3.63) is 18.0 Å². The number of hydrogen-bond donors (Lipinski definition) is 1. The third kappa shape index (κ3) is 2.07. The lowest BCUT2D eigenvalue weighted by Gasteiger charge is -2.27. The summed E-state index contributed by atoms with van der Waals surface area (Å²) >= 11 is 0. The molecule has 0 radical (unpaired) electrons. The second-order valence-corrected chi connectivity index (χ2v) is 4.62. The first-order valence-corrected chi connectivity index (χ1v) is 5.91. The average molecular weight is 238 g/mol. The third-order valence-corrected chi connectivity index (χ3v) is 3.46. The van der Waals surface area contributed by atoms with E-state index in [1.54, 1.807) is 10.9 Å². The van der Waals surface area contributed by atoms with Crippen LogP contribution in [0.5, 0.6) is 0 Å². The molecule has 1 aromatic heterocycles. The van der Waals surface area contributed by atoms with Gasteiger partial charge in [0.15, 0.2) is 5.54 Å². The van der Waals surface area contributed by atoms with E-state index in [-0.39, 0.29) is 6.61 Å². The Morgan fingerprint density at radius 1 is 1.71 bits per heavy atom. The Bertz CT molecular complexity index is 412. The molecule has 17 heavy (non-hydrogen) atoms. The highest BCUT2D eigenvalue weighted by atomic mass is 16.5. The normalized spacial score (nSPS) is 18.9. The van der Waals surface area contributed by atoms with Gasteiger partial charge >= 0.3 is 5.97 Å². The predicted molar refractivity (Wildman–Crippen MR) is 62.0 cm³/mol. The fourth-order valence-corrected chi connectivity index (χ4v) is 2.08. The van der Waals surface area contributed by atoms with Gasteiger partial charge in [-0.25, -0.2) is 4.79 Å². The van der Waals surface area contributed by atoms with E-state index in [1.807, 2.05) is 13.1 Å². The fraction of sp³-hybridized carbons (Fsp3) is 0.667. The summed E-state index contributed by atoms with van der Waals surface area (Å²) in [4.78, 5) is 11.5.